The molecule has 0 aliphatic rings. The Morgan fingerprint density at radius 1 is 0.371 bits per heavy atom. The number of carbonyl (C=O) groups excluding carboxylic acids is 6. The summed E-state index contributed by atoms with van der Waals surface area (Å²) in [4.78, 5) is 86.2. The van der Waals surface area contributed by atoms with E-state index in [1.54, 1.807) is 31.2 Å². The van der Waals surface area contributed by atoms with Crippen molar-refractivity contribution in [2.24, 2.45) is 0 Å². The van der Waals surface area contributed by atoms with Crippen molar-refractivity contribution in [2.45, 2.75) is 61.0 Å². The first kappa shape index (κ1) is 100.0. The van der Waals surface area contributed by atoms with Gasteiger partial charge in [0.15, 0.2) is 23.1 Å². The molecule has 0 aromatic heterocycles. The zero-order valence-corrected chi connectivity index (χ0v) is 70.0. The minimum atomic E-state index is -6.39. The van der Waals surface area contributed by atoms with Crippen molar-refractivity contribution in [3.05, 3.63) is 292 Å². The molecule has 47 heteroatoms. The highest BCUT2D eigenvalue weighted by molar-refractivity contribution is 9.12. The number of nitriles is 2. The Morgan fingerprint density at radius 3 is 0.855 bits per heavy atom. The molecule has 9 rings (SSSR count). The molecule has 0 unspecified atom stereocenters. The van der Waals surface area contributed by atoms with E-state index in [-0.39, 0.29) is 58.8 Å². The van der Waals surface area contributed by atoms with Crippen LogP contribution < -0.4 is 30.7 Å². The third-order valence-electron chi connectivity index (χ3n) is 17.0. The predicted molar refractivity (Wildman–Crippen MR) is 416 cm³/mol. The van der Waals surface area contributed by atoms with Crippen molar-refractivity contribution >= 4 is 171 Å². The standard InChI is InChI=1S/C26H12Br2F8N4O2.C26H15Br2F8N3O2.C25H12Br2F9N3O2/c1-37-12-40(23(42)13-6-8-15(38-2)9-7-13)19-5-3-4-16(20(19)29)22(41)39-21-17(27)10-14(11-18(21)28)24(30,25(31,32)33)26(34,35)36;1-13-5-7-14(8-6-13)23(41)39(10-9-37)19-4-2-3-16(20(19)29)22(40)38-21-17(27)11-15(12-18(21)28)24(30,25(31,32)33)26(34,35)36;26-16-10-13(23(30,24(31,32)33)25(34,35)36)11-17(27)20(16)38-21(40)15-2-1-3-18(19(15)29)39(9-8-37)22(41)12-4-6-14(28)7-5-12/h3-11H,12H2,(H,39,41);2-8,11-12H,10H2,1H3,(H,38,40);1-7,10-11H,9H2,(H,38,40). The smallest absolute Gasteiger partial charge is 0.320 e. The molecule has 0 fully saturated rings. The van der Waals surface area contributed by atoms with E-state index in [4.69, 9.17) is 18.4 Å². The van der Waals surface area contributed by atoms with Crippen molar-refractivity contribution in [3.63, 3.8) is 0 Å². The summed E-state index contributed by atoms with van der Waals surface area (Å²) in [5, 5.41) is 24.7. The highest BCUT2D eigenvalue weighted by Crippen LogP contribution is 2.58. The van der Waals surface area contributed by atoms with Gasteiger partial charge in [-0.15, -0.1) is 0 Å². The fraction of sp³-hybridized carbons (Fsp3) is 0.169. The summed E-state index contributed by atoms with van der Waals surface area (Å²) < 4.78 is 337. The number of aryl methyl sites for hydroxylation is 1. The first-order chi connectivity index (χ1) is 57.3. The summed E-state index contributed by atoms with van der Waals surface area (Å²) >= 11 is 16.3. The quantitative estimate of drug-likeness (QED) is 0.0427. The van der Waals surface area contributed by atoms with Gasteiger partial charge in [-0.1, -0.05) is 60.2 Å². The molecule has 6 amide bonds. The normalized spacial score (nSPS) is 12.0. The topological polar surface area (TPSA) is 205 Å². The molecular formula is C77H39Br6F25N10O6. The van der Waals surface area contributed by atoms with E-state index in [2.05, 4.69) is 121 Å². The second-order valence-electron chi connectivity index (χ2n) is 24.8. The summed E-state index contributed by atoms with van der Waals surface area (Å²) in [5.74, 6) is -10.8. The number of alkyl halides is 21. The fourth-order valence-electron chi connectivity index (χ4n) is 10.8. The zero-order chi connectivity index (χ0) is 93.4. The molecule has 0 atom stereocenters. The van der Waals surface area contributed by atoms with Gasteiger partial charge in [-0.25, -0.2) is 47.0 Å². The maximum absolute atomic E-state index is 15.6. The number of amides is 6. The second-order valence-corrected chi connectivity index (χ2v) is 30.0. The maximum atomic E-state index is 15.6. The Morgan fingerprint density at radius 2 is 0.613 bits per heavy atom. The van der Waals surface area contributed by atoms with Gasteiger partial charge in [-0.3, -0.25) is 43.4 Å². The number of nitrogens with zero attached hydrogens (tertiary/aromatic N) is 7. The van der Waals surface area contributed by atoms with Crippen LogP contribution >= 0.6 is 95.6 Å². The van der Waals surface area contributed by atoms with E-state index in [0.717, 1.165) is 88.2 Å². The summed E-state index contributed by atoms with van der Waals surface area (Å²) in [7, 11) is 0. The lowest BCUT2D eigenvalue weighted by Crippen LogP contribution is -2.50. The lowest BCUT2D eigenvalue weighted by Gasteiger charge is -2.31. The van der Waals surface area contributed by atoms with Crippen LogP contribution in [0.2, 0.25) is 0 Å². The number of anilines is 6. The minimum Gasteiger partial charge on any atom is -0.320 e. The third kappa shape index (κ3) is 21.1. The lowest BCUT2D eigenvalue weighted by atomic mass is 9.94. The molecule has 9 aromatic rings. The summed E-state index contributed by atoms with van der Waals surface area (Å²) in [6.45, 7) is 13.9. The largest absolute Gasteiger partial charge is 0.435 e. The van der Waals surface area contributed by atoms with Crippen molar-refractivity contribution in [2.75, 3.05) is 50.4 Å². The maximum Gasteiger partial charge on any atom is 0.435 e. The Hall–Kier alpha value is -11.1. The Balaban J connectivity index is 0.000000256. The summed E-state index contributed by atoms with van der Waals surface area (Å²) in [5.41, 5.74) is -26.7. The highest BCUT2D eigenvalue weighted by atomic mass is 79.9. The van der Waals surface area contributed by atoms with Gasteiger partial charge in [0.25, 0.3) is 42.1 Å². The molecule has 0 radical (unpaired) electrons. The molecular weight excluding hydrogens is 2120 g/mol. The lowest BCUT2D eigenvalue weighted by molar-refractivity contribution is -0.349. The van der Waals surface area contributed by atoms with Crippen LogP contribution in [-0.2, 0) is 17.0 Å². The Bertz CT molecular complexity index is 5470. The van der Waals surface area contributed by atoms with Crippen LogP contribution in [0, 0.1) is 66.0 Å². The number of carbonyl (C=O) groups is 6. The monoisotopic (exact) mass is 2150 g/mol. The van der Waals surface area contributed by atoms with Gasteiger partial charge in [0, 0.05) is 60.2 Å². The zero-order valence-electron chi connectivity index (χ0n) is 60.5. The van der Waals surface area contributed by atoms with Crippen molar-refractivity contribution in [1.82, 2.24) is 0 Å². The van der Waals surface area contributed by atoms with E-state index in [1.807, 2.05) is 0 Å². The molecule has 0 spiro atoms. The molecule has 16 nitrogen and oxygen atoms in total. The molecule has 0 saturated carbocycles. The molecule has 0 bridgehead atoms. The van der Waals surface area contributed by atoms with Crippen LogP contribution in [0.4, 0.5) is 150 Å². The first-order valence-corrected chi connectivity index (χ1v) is 37.7. The number of nitrogens with one attached hydrogen (secondary N) is 3. The van der Waals surface area contributed by atoms with Crippen LogP contribution in [0.15, 0.2) is 191 Å². The van der Waals surface area contributed by atoms with Crippen LogP contribution in [0.25, 0.3) is 9.69 Å². The van der Waals surface area contributed by atoms with Gasteiger partial charge >= 0.3 is 54.1 Å². The number of benzene rings is 9. The number of hydrogen-bond donors (Lipinski definition) is 3. The number of hydrogen-bond acceptors (Lipinski definition) is 8. The predicted octanol–water partition coefficient (Wildman–Crippen LogP) is 25.5. The molecule has 0 aliphatic heterocycles. The van der Waals surface area contributed by atoms with Gasteiger partial charge in [0.1, 0.15) is 18.9 Å². The van der Waals surface area contributed by atoms with E-state index < -0.39 is 227 Å². The highest BCUT2D eigenvalue weighted by Gasteiger charge is 2.76. The van der Waals surface area contributed by atoms with E-state index in [0.29, 0.717) is 4.90 Å². The SMILES string of the molecule is Cc1ccc(C(=O)N(CC#N)c2cccc(C(=O)Nc3c(Br)cc(C(F)(C(F)(F)F)C(F)(F)F)cc3Br)c2F)cc1.N#CCN(C(=O)c1ccc(F)cc1)c1cccc(C(=O)Nc2c(Br)cc(C(F)(C(F)(F)F)C(F)(F)F)cc2Br)c1F.[C-]#[N+]CN(C(=O)c1ccc([N+]#[C-])cc1)c1cccc(C(=O)Nc2c(Br)cc(C(F)(C(F)(F)F)C(F)(F)F)cc2Br)c1F. The summed E-state index contributed by atoms with van der Waals surface area (Å²) in [6, 6.07) is 29.5. The van der Waals surface area contributed by atoms with Crippen LogP contribution in [0.5, 0.6) is 0 Å². The molecule has 650 valence electrons. The van der Waals surface area contributed by atoms with Crippen molar-refractivity contribution in [1.29, 1.82) is 10.5 Å². The molecule has 9 aromatic carbocycles. The van der Waals surface area contributed by atoms with Gasteiger partial charge in [0.05, 0.1) is 69.5 Å². The van der Waals surface area contributed by atoms with Crippen LogP contribution in [-0.4, -0.2) is 92.3 Å². The molecule has 0 saturated heterocycles. The Labute approximate surface area is 731 Å². The van der Waals surface area contributed by atoms with Gasteiger partial charge < -0.3 is 16.0 Å². The van der Waals surface area contributed by atoms with Gasteiger partial charge in [0.2, 0.25) is 0 Å². The van der Waals surface area contributed by atoms with Crippen LogP contribution in [0.3, 0.4) is 0 Å². The van der Waals surface area contributed by atoms with Crippen molar-refractivity contribution in [3.8, 4) is 12.1 Å². The van der Waals surface area contributed by atoms with Crippen molar-refractivity contribution < 1.29 is 139 Å². The number of halogens is 31. The Kier molecular flexibility index (Phi) is 31.4. The molecule has 0 aliphatic carbocycles. The average Bonchev–Trinajstić information content (AvgIpc) is 0.745. The minimum absolute atomic E-state index is 0.00471. The first-order valence-electron chi connectivity index (χ1n) is 32.9. The third-order valence-corrected chi connectivity index (χ3v) is 20.7. The fourth-order valence-corrected chi connectivity index (χ4v) is 15.0. The second kappa shape index (κ2) is 39.0. The van der Waals surface area contributed by atoms with Gasteiger partial charge in [-0.2, -0.15) is 89.6 Å². The van der Waals surface area contributed by atoms with E-state index in [9.17, 15) is 131 Å². The summed E-state index contributed by atoms with van der Waals surface area (Å²) in [6.07, 6.45) is -38.3. The van der Waals surface area contributed by atoms with Gasteiger partial charge in [-0.05, 0) is 212 Å². The molecule has 124 heavy (non-hydrogen) atoms. The van der Waals surface area contributed by atoms with Crippen LogP contribution in [0.1, 0.15) is 84.4 Å². The molecule has 3 N–H and O–H groups in total. The van der Waals surface area contributed by atoms with E-state index in [1.165, 1.54) is 42.5 Å². The number of rotatable bonds is 18. The van der Waals surface area contributed by atoms with E-state index >= 15 is 13.2 Å². The average molecular weight is 2150 g/mol. The molecule has 0 heterocycles.